The van der Waals surface area contributed by atoms with Crippen molar-refractivity contribution in [3.05, 3.63) is 53.5 Å². The van der Waals surface area contributed by atoms with E-state index < -0.39 is 0 Å². The minimum Gasteiger partial charge on any atom is -0.474 e. The minimum atomic E-state index is -0.264. The molecule has 0 aliphatic carbocycles. The second-order valence-electron chi connectivity index (χ2n) is 5.00. The third-order valence-corrected chi connectivity index (χ3v) is 3.70. The lowest BCUT2D eigenvalue weighted by atomic mass is 10.1. The molecule has 0 N–H and O–H groups in total. The van der Waals surface area contributed by atoms with Crippen molar-refractivity contribution in [1.82, 2.24) is 4.98 Å². The minimum absolute atomic E-state index is 0.0817. The SMILES string of the molecule is O=C(CCl)N1CCOc2ncc(Cc3ccc(F)cc3)cc21. The van der Waals surface area contributed by atoms with Crippen LogP contribution in [-0.2, 0) is 11.2 Å². The summed E-state index contributed by atoms with van der Waals surface area (Å²) in [5.41, 5.74) is 2.52. The second kappa shape index (κ2) is 6.32. The molecule has 0 saturated carbocycles. The number of amides is 1. The Morgan fingerprint density at radius 3 is 2.82 bits per heavy atom. The van der Waals surface area contributed by atoms with E-state index in [1.165, 1.54) is 12.1 Å². The Morgan fingerprint density at radius 2 is 2.09 bits per heavy atom. The van der Waals surface area contributed by atoms with Crippen molar-refractivity contribution in [2.75, 3.05) is 23.9 Å². The summed E-state index contributed by atoms with van der Waals surface area (Å²) in [7, 11) is 0. The van der Waals surface area contributed by atoms with E-state index in [2.05, 4.69) is 4.98 Å². The van der Waals surface area contributed by atoms with Crippen molar-refractivity contribution in [3.8, 4) is 5.88 Å². The lowest BCUT2D eigenvalue weighted by molar-refractivity contribution is -0.116. The van der Waals surface area contributed by atoms with Gasteiger partial charge in [0.05, 0.1) is 6.54 Å². The van der Waals surface area contributed by atoms with Gasteiger partial charge in [0, 0.05) is 6.20 Å². The first-order valence-electron chi connectivity index (χ1n) is 6.90. The molecule has 0 radical (unpaired) electrons. The predicted octanol–water partition coefficient (Wildman–Crippen LogP) is 2.78. The van der Waals surface area contributed by atoms with Gasteiger partial charge in [0.25, 0.3) is 0 Å². The van der Waals surface area contributed by atoms with E-state index in [4.69, 9.17) is 16.3 Å². The van der Waals surface area contributed by atoms with Crippen LogP contribution in [0.3, 0.4) is 0 Å². The third kappa shape index (κ3) is 3.04. The molecule has 1 aliphatic rings. The molecule has 0 atom stereocenters. The van der Waals surface area contributed by atoms with Gasteiger partial charge in [-0.1, -0.05) is 12.1 Å². The van der Waals surface area contributed by atoms with Crippen molar-refractivity contribution >= 4 is 23.2 Å². The number of aromatic nitrogens is 1. The number of rotatable bonds is 3. The number of fused-ring (bicyclic) bond motifs is 1. The van der Waals surface area contributed by atoms with E-state index in [1.54, 1.807) is 23.2 Å². The summed E-state index contributed by atoms with van der Waals surface area (Å²) in [6, 6.07) is 8.18. The summed E-state index contributed by atoms with van der Waals surface area (Å²) >= 11 is 5.65. The molecule has 1 aromatic carbocycles. The first kappa shape index (κ1) is 14.8. The first-order valence-corrected chi connectivity index (χ1v) is 7.43. The molecule has 6 heteroatoms. The van der Waals surface area contributed by atoms with Gasteiger partial charge in [0.1, 0.15) is 24.0 Å². The number of carbonyl (C=O) groups excluding carboxylic acids is 1. The van der Waals surface area contributed by atoms with Gasteiger partial charge in [0.15, 0.2) is 0 Å². The van der Waals surface area contributed by atoms with Gasteiger partial charge in [-0.2, -0.15) is 0 Å². The standard InChI is InChI=1S/C16H14ClFN2O2/c17-9-15(21)20-5-6-22-16-14(20)8-12(10-19-16)7-11-1-3-13(18)4-2-11/h1-4,8,10H,5-7,9H2. The number of carbonyl (C=O) groups is 1. The first-order chi connectivity index (χ1) is 10.7. The molecule has 0 saturated heterocycles. The molecule has 2 aromatic rings. The Bertz CT molecular complexity index is 691. The van der Waals surface area contributed by atoms with Gasteiger partial charge < -0.3 is 9.64 Å². The smallest absolute Gasteiger partial charge is 0.242 e. The van der Waals surface area contributed by atoms with Crippen LogP contribution in [0.5, 0.6) is 5.88 Å². The van der Waals surface area contributed by atoms with E-state index in [-0.39, 0.29) is 17.6 Å². The van der Waals surface area contributed by atoms with Crippen LogP contribution in [0.1, 0.15) is 11.1 Å². The molecule has 22 heavy (non-hydrogen) atoms. The number of halogens is 2. The summed E-state index contributed by atoms with van der Waals surface area (Å²) in [4.78, 5) is 17.8. The summed E-state index contributed by atoms with van der Waals surface area (Å²) in [5, 5.41) is 0. The van der Waals surface area contributed by atoms with Crippen LogP contribution in [0, 0.1) is 5.82 Å². The topological polar surface area (TPSA) is 42.4 Å². The molecule has 0 fully saturated rings. The highest BCUT2D eigenvalue weighted by Crippen LogP contribution is 2.31. The fourth-order valence-corrected chi connectivity index (χ4v) is 2.55. The van der Waals surface area contributed by atoms with E-state index in [1.807, 2.05) is 6.07 Å². The monoisotopic (exact) mass is 320 g/mol. The van der Waals surface area contributed by atoms with Gasteiger partial charge in [-0.15, -0.1) is 11.6 Å². The Labute approximate surface area is 132 Å². The Balaban J connectivity index is 1.88. The maximum Gasteiger partial charge on any atom is 0.242 e. The average molecular weight is 321 g/mol. The molecule has 1 aliphatic heterocycles. The molecule has 114 valence electrons. The molecule has 0 unspecified atom stereocenters. The summed E-state index contributed by atoms with van der Waals surface area (Å²) in [6.07, 6.45) is 2.31. The van der Waals surface area contributed by atoms with Crippen molar-refractivity contribution in [2.45, 2.75) is 6.42 Å². The molecule has 1 aromatic heterocycles. The summed E-state index contributed by atoms with van der Waals surface area (Å²) < 4.78 is 18.4. The fraction of sp³-hybridized carbons (Fsp3) is 0.250. The van der Waals surface area contributed by atoms with Crippen LogP contribution < -0.4 is 9.64 Å². The third-order valence-electron chi connectivity index (χ3n) is 3.47. The number of benzene rings is 1. The zero-order chi connectivity index (χ0) is 15.5. The van der Waals surface area contributed by atoms with Crippen molar-refractivity contribution < 1.29 is 13.9 Å². The van der Waals surface area contributed by atoms with E-state index in [0.29, 0.717) is 31.1 Å². The normalized spacial score (nSPS) is 13.5. The van der Waals surface area contributed by atoms with Crippen LogP contribution in [-0.4, -0.2) is 29.9 Å². The van der Waals surface area contributed by atoms with Crippen LogP contribution in [0.4, 0.5) is 10.1 Å². The molecule has 0 spiro atoms. The number of ether oxygens (including phenoxy) is 1. The van der Waals surface area contributed by atoms with E-state index in [9.17, 15) is 9.18 Å². The molecule has 1 amide bonds. The van der Waals surface area contributed by atoms with Crippen LogP contribution in [0.25, 0.3) is 0 Å². The fourth-order valence-electron chi connectivity index (χ4n) is 2.41. The second-order valence-corrected chi connectivity index (χ2v) is 5.27. The van der Waals surface area contributed by atoms with Crippen molar-refractivity contribution in [1.29, 1.82) is 0 Å². The average Bonchev–Trinajstić information content (AvgIpc) is 2.55. The molecule has 2 heterocycles. The number of nitrogens with zero attached hydrogens (tertiary/aromatic N) is 2. The Kier molecular flexibility index (Phi) is 4.24. The molecular formula is C16H14ClFN2O2. The van der Waals surface area contributed by atoms with Crippen molar-refractivity contribution in [2.24, 2.45) is 0 Å². The Hall–Kier alpha value is -2.14. The zero-order valence-electron chi connectivity index (χ0n) is 11.8. The summed E-state index contributed by atoms with van der Waals surface area (Å²) in [5.74, 6) is -0.0825. The predicted molar refractivity (Wildman–Crippen MR) is 82.0 cm³/mol. The largest absolute Gasteiger partial charge is 0.474 e. The number of hydrogen-bond acceptors (Lipinski definition) is 3. The summed E-state index contributed by atoms with van der Waals surface area (Å²) in [6.45, 7) is 0.861. The zero-order valence-corrected chi connectivity index (χ0v) is 12.5. The van der Waals surface area contributed by atoms with Crippen molar-refractivity contribution in [3.63, 3.8) is 0 Å². The maximum absolute atomic E-state index is 12.9. The van der Waals surface area contributed by atoms with E-state index in [0.717, 1.165) is 11.1 Å². The molecule has 0 bridgehead atoms. The van der Waals surface area contributed by atoms with Crippen LogP contribution >= 0.6 is 11.6 Å². The highest BCUT2D eigenvalue weighted by Gasteiger charge is 2.24. The van der Waals surface area contributed by atoms with Crippen LogP contribution in [0.2, 0.25) is 0 Å². The number of alkyl halides is 1. The lowest BCUT2D eigenvalue weighted by Gasteiger charge is -2.28. The van der Waals surface area contributed by atoms with Gasteiger partial charge in [-0.3, -0.25) is 4.79 Å². The number of anilines is 1. The van der Waals surface area contributed by atoms with Gasteiger partial charge in [-0.25, -0.2) is 9.37 Å². The molecular weight excluding hydrogens is 307 g/mol. The molecule has 4 nitrogen and oxygen atoms in total. The Morgan fingerprint density at radius 1 is 1.32 bits per heavy atom. The van der Waals surface area contributed by atoms with Gasteiger partial charge in [-0.05, 0) is 35.7 Å². The quantitative estimate of drug-likeness (QED) is 0.817. The maximum atomic E-state index is 12.9. The molecule has 3 rings (SSSR count). The number of pyridine rings is 1. The van der Waals surface area contributed by atoms with Gasteiger partial charge in [0.2, 0.25) is 11.8 Å². The highest BCUT2D eigenvalue weighted by atomic mass is 35.5. The van der Waals surface area contributed by atoms with E-state index >= 15 is 0 Å². The highest BCUT2D eigenvalue weighted by molar-refractivity contribution is 6.29. The van der Waals surface area contributed by atoms with Gasteiger partial charge >= 0.3 is 0 Å². The lowest BCUT2D eigenvalue weighted by Crippen LogP contribution is -2.39. The number of hydrogen-bond donors (Lipinski definition) is 0. The van der Waals surface area contributed by atoms with Crippen LogP contribution in [0.15, 0.2) is 36.5 Å².